The first-order chi connectivity index (χ1) is 11.4. The van der Waals surface area contributed by atoms with E-state index in [1.165, 1.54) is 7.11 Å². The van der Waals surface area contributed by atoms with Gasteiger partial charge in [0.25, 0.3) is 0 Å². The highest BCUT2D eigenvalue weighted by Crippen LogP contribution is 2.36. The van der Waals surface area contributed by atoms with Crippen molar-refractivity contribution in [3.8, 4) is 11.6 Å². The molecule has 5 nitrogen and oxygen atoms in total. The van der Waals surface area contributed by atoms with E-state index in [0.29, 0.717) is 17.9 Å². The SMILES string of the molecule is CCCOc1nc(N(C)c2cccc(OC)c2)ncc1C(F)(F)F. The van der Waals surface area contributed by atoms with Gasteiger partial charge in [0.05, 0.1) is 13.7 Å². The second-order valence-corrected chi connectivity index (χ2v) is 5.00. The molecule has 0 fully saturated rings. The van der Waals surface area contributed by atoms with Gasteiger partial charge in [-0.2, -0.15) is 18.2 Å². The van der Waals surface area contributed by atoms with Gasteiger partial charge in [0, 0.05) is 25.0 Å². The normalized spacial score (nSPS) is 11.2. The van der Waals surface area contributed by atoms with Crippen molar-refractivity contribution in [2.24, 2.45) is 0 Å². The van der Waals surface area contributed by atoms with Crippen LogP contribution in [0.1, 0.15) is 18.9 Å². The summed E-state index contributed by atoms with van der Waals surface area (Å²) in [6.45, 7) is 1.94. The Bertz CT molecular complexity index is 693. The van der Waals surface area contributed by atoms with Gasteiger partial charge in [-0.05, 0) is 18.6 Å². The quantitative estimate of drug-likeness (QED) is 0.793. The lowest BCUT2D eigenvalue weighted by atomic mass is 10.3. The molecule has 0 spiro atoms. The standard InChI is InChI=1S/C16H18F3N3O2/c1-4-8-24-14-13(16(17,18)19)10-20-15(21-14)22(2)11-6-5-7-12(9-11)23-3/h5-7,9-10H,4,8H2,1-3H3. The largest absolute Gasteiger partial charge is 0.497 e. The van der Waals surface area contributed by atoms with Gasteiger partial charge in [0.2, 0.25) is 11.8 Å². The van der Waals surface area contributed by atoms with Crippen LogP contribution >= 0.6 is 0 Å². The second kappa shape index (κ2) is 7.37. The van der Waals surface area contributed by atoms with E-state index >= 15 is 0 Å². The van der Waals surface area contributed by atoms with Crippen LogP contribution in [-0.2, 0) is 6.18 Å². The molecule has 0 saturated carbocycles. The number of hydrogen-bond donors (Lipinski definition) is 0. The number of hydrogen-bond acceptors (Lipinski definition) is 5. The lowest BCUT2D eigenvalue weighted by Crippen LogP contribution is -2.17. The van der Waals surface area contributed by atoms with Crippen LogP contribution in [0.2, 0.25) is 0 Å². The van der Waals surface area contributed by atoms with Crippen molar-refractivity contribution in [2.45, 2.75) is 19.5 Å². The predicted octanol–water partition coefficient (Wildman–Crippen LogP) is 4.06. The van der Waals surface area contributed by atoms with Crippen molar-refractivity contribution in [2.75, 3.05) is 25.7 Å². The van der Waals surface area contributed by atoms with Gasteiger partial charge in [-0.15, -0.1) is 0 Å². The summed E-state index contributed by atoms with van der Waals surface area (Å²) in [7, 11) is 3.19. The minimum absolute atomic E-state index is 0.0994. The van der Waals surface area contributed by atoms with Gasteiger partial charge >= 0.3 is 6.18 Å². The zero-order chi connectivity index (χ0) is 17.7. The number of nitrogens with zero attached hydrogens (tertiary/aromatic N) is 3. The smallest absolute Gasteiger partial charge is 0.423 e. The minimum atomic E-state index is -4.57. The Hall–Kier alpha value is -2.51. The number of halogens is 3. The zero-order valence-electron chi connectivity index (χ0n) is 13.6. The summed E-state index contributed by atoms with van der Waals surface area (Å²) in [5, 5.41) is 0. The highest BCUT2D eigenvalue weighted by atomic mass is 19.4. The number of rotatable bonds is 6. The van der Waals surface area contributed by atoms with Crippen molar-refractivity contribution < 1.29 is 22.6 Å². The maximum atomic E-state index is 13.0. The Morgan fingerprint density at radius 1 is 1.25 bits per heavy atom. The number of ether oxygens (including phenoxy) is 2. The number of benzene rings is 1. The Labute approximate surface area is 138 Å². The summed E-state index contributed by atoms with van der Waals surface area (Å²) in [5.74, 6) is 0.250. The van der Waals surface area contributed by atoms with E-state index in [-0.39, 0.29) is 12.6 Å². The van der Waals surface area contributed by atoms with Crippen LogP contribution in [0.25, 0.3) is 0 Å². The van der Waals surface area contributed by atoms with Crippen molar-refractivity contribution in [1.82, 2.24) is 9.97 Å². The molecule has 2 rings (SSSR count). The molecule has 1 aromatic carbocycles. The first-order valence-corrected chi connectivity index (χ1v) is 7.31. The molecular weight excluding hydrogens is 323 g/mol. The molecule has 8 heteroatoms. The van der Waals surface area contributed by atoms with Gasteiger partial charge in [0.15, 0.2) is 0 Å². The fourth-order valence-electron chi connectivity index (χ4n) is 1.96. The third-order valence-corrected chi connectivity index (χ3v) is 3.23. The molecule has 0 saturated heterocycles. The molecule has 1 heterocycles. The molecule has 0 radical (unpaired) electrons. The predicted molar refractivity (Wildman–Crippen MR) is 83.9 cm³/mol. The lowest BCUT2D eigenvalue weighted by molar-refractivity contribution is -0.139. The Morgan fingerprint density at radius 3 is 2.62 bits per heavy atom. The molecule has 0 bridgehead atoms. The van der Waals surface area contributed by atoms with E-state index in [1.807, 2.05) is 0 Å². The van der Waals surface area contributed by atoms with Crippen LogP contribution in [0, 0.1) is 0 Å². The summed E-state index contributed by atoms with van der Waals surface area (Å²) in [5.41, 5.74) is -0.311. The molecule has 0 aliphatic carbocycles. The summed E-state index contributed by atoms with van der Waals surface area (Å²) >= 11 is 0. The van der Waals surface area contributed by atoms with Gasteiger partial charge in [-0.3, -0.25) is 0 Å². The first kappa shape index (κ1) is 17.8. The van der Waals surface area contributed by atoms with Crippen molar-refractivity contribution in [3.05, 3.63) is 36.0 Å². The van der Waals surface area contributed by atoms with Gasteiger partial charge < -0.3 is 14.4 Å². The number of aromatic nitrogens is 2. The summed E-state index contributed by atoms with van der Waals surface area (Å²) in [6, 6.07) is 7.04. The van der Waals surface area contributed by atoms with Crippen LogP contribution in [0.5, 0.6) is 11.6 Å². The second-order valence-electron chi connectivity index (χ2n) is 5.00. The maximum Gasteiger partial charge on any atom is 0.423 e. The number of methoxy groups -OCH3 is 1. The lowest BCUT2D eigenvalue weighted by Gasteiger charge is -2.20. The van der Waals surface area contributed by atoms with E-state index in [0.717, 1.165) is 6.20 Å². The Balaban J connectivity index is 2.39. The molecule has 0 unspecified atom stereocenters. The summed E-state index contributed by atoms with van der Waals surface area (Å²) < 4.78 is 49.4. The highest BCUT2D eigenvalue weighted by molar-refractivity contribution is 5.59. The maximum absolute atomic E-state index is 13.0. The van der Waals surface area contributed by atoms with Crippen LogP contribution < -0.4 is 14.4 Å². The molecular formula is C16H18F3N3O2. The highest BCUT2D eigenvalue weighted by Gasteiger charge is 2.36. The van der Waals surface area contributed by atoms with E-state index in [4.69, 9.17) is 9.47 Å². The molecule has 2 aromatic rings. The molecule has 0 atom stereocenters. The van der Waals surface area contributed by atoms with E-state index < -0.39 is 17.6 Å². The van der Waals surface area contributed by atoms with E-state index in [9.17, 15) is 13.2 Å². The topological polar surface area (TPSA) is 47.5 Å². The molecule has 0 aliphatic heterocycles. The third-order valence-electron chi connectivity index (χ3n) is 3.23. The number of alkyl halides is 3. The third kappa shape index (κ3) is 4.06. The molecule has 0 amide bonds. The van der Waals surface area contributed by atoms with Crippen LogP contribution in [0.15, 0.2) is 30.5 Å². The first-order valence-electron chi connectivity index (χ1n) is 7.31. The minimum Gasteiger partial charge on any atom is -0.497 e. The van der Waals surface area contributed by atoms with Crippen molar-refractivity contribution in [3.63, 3.8) is 0 Å². The van der Waals surface area contributed by atoms with E-state index in [2.05, 4.69) is 9.97 Å². The fourth-order valence-corrected chi connectivity index (χ4v) is 1.96. The summed E-state index contributed by atoms with van der Waals surface area (Å²) in [6.07, 6.45) is -3.26. The average Bonchev–Trinajstić information content (AvgIpc) is 2.58. The fraction of sp³-hybridized carbons (Fsp3) is 0.375. The molecule has 24 heavy (non-hydrogen) atoms. The van der Waals surface area contributed by atoms with Crippen LogP contribution in [-0.4, -0.2) is 30.7 Å². The Morgan fingerprint density at radius 2 is 2.00 bits per heavy atom. The van der Waals surface area contributed by atoms with Gasteiger partial charge in [-0.1, -0.05) is 13.0 Å². The molecule has 1 aromatic heterocycles. The van der Waals surface area contributed by atoms with Crippen molar-refractivity contribution in [1.29, 1.82) is 0 Å². The monoisotopic (exact) mass is 341 g/mol. The van der Waals surface area contributed by atoms with Crippen molar-refractivity contribution >= 4 is 11.6 Å². The van der Waals surface area contributed by atoms with Crippen LogP contribution in [0.4, 0.5) is 24.8 Å². The van der Waals surface area contributed by atoms with E-state index in [1.54, 1.807) is 43.1 Å². The molecule has 0 N–H and O–H groups in total. The summed E-state index contributed by atoms with van der Waals surface area (Å²) in [4.78, 5) is 9.32. The Kier molecular flexibility index (Phi) is 5.48. The van der Waals surface area contributed by atoms with Gasteiger partial charge in [0.1, 0.15) is 11.3 Å². The zero-order valence-corrected chi connectivity index (χ0v) is 13.6. The average molecular weight is 341 g/mol. The van der Waals surface area contributed by atoms with Crippen LogP contribution in [0.3, 0.4) is 0 Å². The molecule has 130 valence electrons. The van der Waals surface area contributed by atoms with Gasteiger partial charge in [-0.25, -0.2) is 4.98 Å². The molecule has 0 aliphatic rings. The number of anilines is 2.